The maximum atomic E-state index is 12.7. The monoisotopic (exact) mass is 435 g/mol. The molecule has 26 heavy (non-hydrogen) atoms. The lowest BCUT2D eigenvalue weighted by Gasteiger charge is -2.27. The van der Waals surface area contributed by atoms with Crippen molar-refractivity contribution >= 4 is 56.6 Å². The van der Waals surface area contributed by atoms with Crippen LogP contribution in [-0.2, 0) is 9.59 Å². The van der Waals surface area contributed by atoms with E-state index < -0.39 is 0 Å². The fourth-order valence-corrected chi connectivity index (χ4v) is 3.39. The molecule has 0 saturated carbocycles. The predicted octanol–water partition coefficient (Wildman–Crippen LogP) is 3.54. The Labute approximate surface area is 163 Å². The van der Waals surface area contributed by atoms with Gasteiger partial charge in [-0.05, 0) is 42.5 Å². The highest BCUT2D eigenvalue weighted by molar-refractivity contribution is 9.10. The van der Waals surface area contributed by atoms with Crippen molar-refractivity contribution in [1.29, 1.82) is 0 Å². The molecule has 0 spiro atoms. The standard InChI is InChI=1S/C18H15BrClN3O3/c1-22(15-7-4-12(19)10-14(15)20)18(26)11-2-5-13(6-3-11)23-17(25)9-8-16(24)21-23/h2-7,10H,8-9H2,1H3,(H,21,24). The molecule has 1 aliphatic rings. The van der Waals surface area contributed by atoms with Gasteiger partial charge in [0.05, 0.1) is 16.4 Å². The summed E-state index contributed by atoms with van der Waals surface area (Å²) in [4.78, 5) is 37.6. The van der Waals surface area contributed by atoms with Crippen LogP contribution < -0.4 is 15.3 Å². The summed E-state index contributed by atoms with van der Waals surface area (Å²) in [5.74, 6) is -0.647. The summed E-state index contributed by atoms with van der Waals surface area (Å²) in [6, 6.07) is 11.7. The van der Waals surface area contributed by atoms with E-state index in [0.717, 1.165) is 4.47 Å². The van der Waals surface area contributed by atoms with E-state index in [1.165, 1.54) is 9.91 Å². The summed E-state index contributed by atoms with van der Waals surface area (Å²) >= 11 is 9.54. The van der Waals surface area contributed by atoms with Crippen LogP contribution in [0.5, 0.6) is 0 Å². The second kappa shape index (κ2) is 7.47. The Hall–Kier alpha value is -2.38. The molecule has 8 heteroatoms. The van der Waals surface area contributed by atoms with Gasteiger partial charge >= 0.3 is 0 Å². The number of anilines is 2. The van der Waals surface area contributed by atoms with Crippen molar-refractivity contribution in [3.8, 4) is 0 Å². The highest BCUT2D eigenvalue weighted by Gasteiger charge is 2.24. The third-order valence-corrected chi connectivity index (χ3v) is 4.80. The van der Waals surface area contributed by atoms with Crippen LogP contribution in [0, 0.1) is 0 Å². The average Bonchev–Trinajstić information content (AvgIpc) is 2.63. The molecule has 1 fully saturated rings. The SMILES string of the molecule is CN(C(=O)c1ccc(N2NC(=O)CCC2=O)cc1)c1ccc(Br)cc1Cl. The number of carbonyl (C=O) groups excluding carboxylic acids is 3. The third-order valence-electron chi connectivity index (χ3n) is 4.00. The first kappa shape index (κ1) is 18.4. The lowest BCUT2D eigenvalue weighted by atomic mass is 10.1. The highest BCUT2D eigenvalue weighted by Crippen LogP contribution is 2.29. The second-order valence-electron chi connectivity index (χ2n) is 5.77. The smallest absolute Gasteiger partial charge is 0.258 e. The van der Waals surface area contributed by atoms with Crippen molar-refractivity contribution in [2.45, 2.75) is 12.8 Å². The molecule has 0 aromatic heterocycles. The van der Waals surface area contributed by atoms with Crippen LogP contribution in [0.25, 0.3) is 0 Å². The fourth-order valence-electron chi connectivity index (χ4n) is 2.59. The molecule has 1 N–H and O–H groups in total. The molecular formula is C18H15BrClN3O3. The van der Waals surface area contributed by atoms with Gasteiger partial charge in [0.2, 0.25) is 11.8 Å². The Morgan fingerprint density at radius 3 is 2.50 bits per heavy atom. The molecular weight excluding hydrogens is 422 g/mol. The van der Waals surface area contributed by atoms with Crippen LogP contribution in [0.4, 0.5) is 11.4 Å². The van der Waals surface area contributed by atoms with E-state index in [4.69, 9.17) is 11.6 Å². The van der Waals surface area contributed by atoms with Gasteiger partial charge in [-0.3, -0.25) is 19.8 Å². The fraction of sp³-hybridized carbons (Fsp3) is 0.167. The zero-order chi connectivity index (χ0) is 18.8. The molecule has 0 atom stereocenters. The van der Waals surface area contributed by atoms with E-state index in [1.807, 2.05) is 0 Å². The minimum Gasteiger partial charge on any atom is -0.310 e. The van der Waals surface area contributed by atoms with Gasteiger partial charge in [-0.25, -0.2) is 5.01 Å². The number of carbonyl (C=O) groups is 3. The van der Waals surface area contributed by atoms with Crippen molar-refractivity contribution in [2.75, 3.05) is 17.0 Å². The number of halogens is 2. The number of hydrazine groups is 1. The molecule has 2 aromatic carbocycles. The first-order valence-corrected chi connectivity index (χ1v) is 8.99. The molecule has 2 aromatic rings. The molecule has 6 nitrogen and oxygen atoms in total. The van der Waals surface area contributed by atoms with Crippen molar-refractivity contribution in [3.63, 3.8) is 0 Å². The van der Waals surface area contributed by atoms with Crippen LogP contribution in [0.15, 0.2) is 46.9 Å². The van der Waals surface area contributed by atoms with Gasteiger partial charge in [0.1, 0.15) is 0 Å². The maximum Gasteiger partial charge on any atom is 0.258 e. The summed E-state index contributed by atoms with van der Waals surface area (Å²) in [6.45, 7) is 0. The van der Waals surface area contributed by atoms with Crippen LogP contribution in [0.2, 0.25) is 5.02 Å². The van der Waals surface area contributed by atoms with E-state index in [1.54, 1.807) is 49.5 Å². The van der Waals surface area contributed by atoms with Gasteiger partial charge in [0.15, 0.2) is 0 Å². The van der Waals surface area contributed by atoms with Gasteiger partial charge in [-0.1, -0.05) is 27.5 Å². The molecule has 0 unspecified atom stereocenters. The Bertz CT molecular complexity index is 886. The van der Waals surface area contributed by atoms with E-state index >= 15 is 0 Å². The molecule has 1 saturated heterocycles. The summed E-state index contributed by atoms with van der Waals surface area (Å²) < 4.78 is 0.824. The molecule has 1 heterocycles. The van der Waals surface area contributed by atoms with Gasteiger partial charge < -0.3 is 4.90 Å². The van der Waals surface area contributed by atoms with Crippen molar-refractivity contribution < 1.29 is 14.4 Å². The molecule has 3 rings (SSSR count). The van der Waals surface area contributed by atoms with Gasteiger partial charge in [0.25, 0.3) is 5.91 Å². The molecule has 0 bridgehead atoms. The number of rotatable bonds is 3. The number of hydrogen-bond donors (Lipinski definition) is 1. The van der Waals surface area contributed by atoms with E-state index in [2.05, 4.69) is 21.4 Å². The number of hydrogen-bond acceptors (Lipinski definition) is 3. The molecule has 0 aliphatic carbocycles. The lowest BCUT2D eigenvalue weighted by Crippen LogP contribution is -2.50. The Morgan fingerprint density at radius 1 is 1.15 bits per heavy atom. The summed E-state index contributed by atoms with van der Waals surface area (Å²) in [7, 11) is 1.64. The first-order valence-electron chi connectivity index (χ1n) is 7.82. The van der Waals surface area contributed by atoms with Crippen molar-refractivity contribution in [3.05, 3.63) is 57.5 Å². The Kier molecular flexibility index (Phi) is 5.29. The Balaban J connectivity index is 1.80. The largest absolute Gasteiger partial charge is 0.310 e. The van der Waals surface area contributed by atoms with Gasteiger partial charge in [0, 0.05) is 29.9 Å². The normalized spacial score (nSPS) is 14.2. The highest BCUT2D eigenvalue weighted by atomic mass is 79.9. The summed E-state index contributed by atoms with van der Waals surface area (Å²) in [5, 5.41) is 1.66. The number of amides is 3. The molecule has 3 amide bonds. The minimum absolute atomic E-state index is 0.164. The second-order valence-corrected chi connectivity index (χ2v) is 7.09. The molecule has 134 valence electrons. The van der Waals surface area contributed by atoms with Gasteiger partial charge in [-0.15, -0.1) is 0 Å². The number of benzene rings is 2. The summed E-state index contributed by atoms with van der Waals surface area (Å²) in [5.41, 5.74) is 4.05. The minimum atomic E-state index is -0.241. The van der Waals surface area contributed by atoms with Crippen molar-refractivity contribution in [2.24, 2.45) is 0 Å². The van der Waals surface area contributed by atoms with E-state index in [-0.39, 0.29) is 30.6 Å². The summed E-state index contributed by atoms with van der Waals surface area (Å²) in [6.07, 6.45) is 0.349. The maximum absolute atomic E-state index is 12.7. The van der Waals surface area contributed by atoms with Crippen LogP contribution in [0.1, 0.15) is 23.2 Å². The predicted molar refractivity (Wildman–Crippen MR) is 103 cm³/mol. The zero-order valence-electron chi connectivity index (χ0n) is 13.8. The third kappa shape index (κ3) is 3.73. The molecule has 0 radical (unpaired) electrons. The average molecular weight is 437 g/mol. The number of nitrogens with one attached hydrogen (secondary N) is 1. The Morgan fingerprint density at radius 2 is 1.85 bits per heavy atom. The lowest BCUT2D eigenvalue weighted by molar-refractivity contribution is -0.130. The zero-order valence-corrected chi connectivity index (χ0v) is 16.2. The van der Waals surface area contributed by atoms with E-state index in [0.29, 0.717) is 22.0 Å². The first-order chi connectivity index (χ1) is 12.4. The molecule has 1 aliphatic heterocycles. The number of nitrogens with zero attached hydrogens (tertiary/aromatic N) is 2. The quantitative estimate of drug-likeness (QED) is 0.800. The van der Waals surface area contributed by atoms with Crippen LogP contribution in [-0.4, -0.2) is 24.8 Å². The topological polar surface area (TPSA) is 69.7 Å². The van der Waals surface area contributed by atoms with Crippen molar-refractivity contribution in [1.82, 2.24) is 5.43 Å². The van der Waals surface area contributed by atoms with Gasteiger partial charge in [-0.2, -0.15) is 0 Å². The van der Waals surface area contributed by atoms with E-state index in [9.17, 15) is 14.4 Å². The van der Waals surface area contributed by atoms with Crippen LogP contribution >= 0.6 is 27.5 Å². The van der Waals surface area contributed by atoms with Crippen LogP contribution in [0.3, 0.4) is 0 Å².